The Morgan fingerprint density at radius 2 is 0.500 bits per heavy atom. The summed E-state index contributed by atoms with van der Waals surface area (Å²) >= 11 is 0. The first kappa shape index (κ1) is 42.5. The summed E-state index contributed by atoms with van der Waals surface area (Å²) in [5, 5.41) is 57.4. The number of nitrogens with one attached hydrogen (secondary N) is 6. The molecule has 0 unspecified atom stereocenters. The molecule has 2 heterocycles. The van der Waals surface area contributed by atoms with E-state index in [1.54, 1.807) is 0 Å². The van der Waals surface area contributed by atoms with Crippen LogP contribution in [0.2, 0.25) is 0 Å². The normalized spacial score (nSPS) is 10.8. The molecule has 0 saturated carbocycles. The molecule has 0 radical (unpaired) electrons. The third-order valence-corrected chi connectivity index (χ3v) is 9.18. The molecule has 0 aliphatic rings. The molecule has 7 aromatic rings. The Labute approximate surface area is 358 Å². The molecule has 0 atom stereocenters. The molecule has 0 spiro atoms. The fourth-order valence-corrected chi connectivity index (χ4v) is 6.28. The number of aliphatic hydroxyl groups is 4. The molecule has 5 aromatic carbocycles. The van der Waals surface area contributed by atoms with E-state index in [9.17, 15) is 20.4 Å². The van der Waals surface area contributed by atoms with Gasteiger partial charge < -0.3 is 62.1 Å². The van der Waals surface area contributed by atoms with Crippen LogP contribution >= 0.6 is 0 Å². The van der Waals surface area contributed by atoms with E-state index in [-0.39, 0.29) is 26.4 Å². The summed E-state index contributed by atoms with van der Waals surface area (Å²) in [6.45, 7) is 1.51. The molecule has 0 aliphatic heterocycles. The number of para-hydroxylation sites is 2. The first-order valence-electron chi connectivity index (χ1n) is 19.9. The molecule has 0 amide bonds. The summed E-state index contributed by atoms with van der Waals surface area (Å²) < 4.78 is 0. The fourth-order valence-electron chi connectivity index (χ4n) is 6.28. The van der Waals surface area contributed by atoms with Crippen molar-refractivity contribution >= 4 is 81.2 Å². The molecule has 0 aliphatic carbocycles. The molecule has 18 heteroatoms. The lowest BCUT2D eigenvalue weighted by molar-refractivity contribution is 0.280. The van der Waals surface area contributed by atoms with Crippen LogP contribution in [0.3, 0.4) is 0 Å². The van der Waals surface area contributed by atoms with E-state index in [0.29, 0.717) is 73.2 Å². The zero-order valence-corrected chi connectivity index (χ0v) is 33.7. The van der Waals surface area contributed by atoms with E-state index in [1.165, 1.54) is 0 Å². The number of aliphatic hydroxyl groups excluding tert-OH is 4. The molecule has 62 heavy (non-hydrogen) atoms. The van der Waals surface area contributed by atoms with Crippen molar-refractivity contribution in [2.45, 2.75) is 0 Å². The summed E-state index contributed by atoms with van der Waals surface area (Å²) in [5.74, 6) is 1.84. The highest BCUT2D eigenvalue weighted by Gasteiger charge is 2.13. The Balaban J connectivity index is 1.08. The highest BCUT2D eigenvalue weighted by Crippen LogP contribution is 2.26. The molecule has 318 valence electrons. The number of benzene rings is 5. The molecular weight excluding hydrogens is 789 g/mol. The fraction of sp³-hybridized carbons (Fsp3) is 0.182. The predicted molar refractivity (Wildman–Crippen MR) is 244 cm³/mol. The number of anilines is 14. The Morgan fingerprint density at radius 1 is 0.290 bits per heavy atom. The lowest BCUT2D eigenvalue weighted by atomic mass is 10.2. The Morgan fingerprint density at radius 3 is 0.726 bits per heavy atom. The van der Waals surface area contributed by atoms with Crippen molar-refractivity contribution in [3.8, 4) is 0 Å². The van der Waals surface area contributed by atoms with Gasteiger partial charge in [0, 0.05) is 71.7 Å². The van der Waals surface area contributed by atoms with Crippen molar-refractivity contribution in [3.63, 3.8) is 0 Å². The van der Waals surface area contributed by atoms with Gasteiger partial charge in [0.05, 0.1) is 26.4 Å². The van der Waals surface area contributed by atoms with Crippen LogP contribution in [0.4, 0.5) is 81.2 Å². The second-order valence-corrected chi connectivity index (χ2v) is 13.6. The van der Waals surface area contributed by atoms with E-state index in [1.807, 2.05) is 143 Å². The van der Waals surface area contributed by atoms with Gasteiger partial charge in [0.1, 0.15) is 0 Å². The van der Waals surface area contributed by atoms with E-state index in [4.69, 9.17) is 0 Å². The van der Waals surface area contributed by atoms with Crippen LogP contribution in [-0.2, 0) is 0 Å². The molecule has 7 rings (SSSR count). The monoisotopic (exact) mass is 836 g/mol. The molecular formula is C44H48N14O4. The largest absolute Gasteiger partial charge is 0.395 e. The third kappa shape index (κ3) is 12.2. The maximum Gasteiger partial charge on any atom is 0.233 e. The van der Waals surface area contributed by atoms with E-state index in [0.717, 1.165) is 34.1 Å². The minimum Gasteiger partial charge on any atom is -0.395 e. The highest BCUT2D eigenvalue weighted by atomic mass is 16.3. The van der Waals surface area contributed by atoms with Gasteiger partial charge >= 0.3 is 0 Å². The number of hydrogen-bond donors (Lipinski definition) is 10. The topological polar surface area (TPSA) is 237 Å². The molecule has 18 nitrogen and oxygen atoms in total. The Bertz CT molecular complexity index is 2250. The van der Waals surface area contributed by atoms with Gasteiger partial charge in [0.15, 0.2) is 0 Å². The van der Waals surface area contributed by atoms with Crippen LogP contribution in [0.5, 0.6) is 0 Å². The lowest BCUT2D eigenvalue weighted by Gasteiger charge is -2.23. The quantitative estimate of drug-likeness (QED) is 0.0371. The van der Waals surface area contributed by atoms with Crippen LogP contribution < -0.4 is 41.7 Å². The van der Waals surface area contributed by atoms with Crippen LogP contribution in [0.15, 0.2) is 133 Å². The summed E-state index contributed by atoms with van der Waals surface area (Å²) in [5.41, 5.74) is 6.22. The van der Waals surface area contributed by atoms with Crippen molar-refractivity contribution in [2.24, 2.45) is 0 Å². The zero-order valence-electron chi connectivity index (χ0n) is 33.7. The number of nitrogens with zero attached hydrogens (tertiary/aromatic N) is 8. The number of hydrogen-bond acceptors (Lipinski definition) is 18. The highest BCUT2D eigenvalue weighted by molar-refractivity contribution is 5.67. The molecule has 2 aromatic heterocycles. The van der Waals surface area contributed by atoms with Gasteiger partial charge in [-0.05, 0) is 97.1 Å². The van der Waals surface area contributed by atoms with Gasteiger partial charge in [-0.15, -0.1) is 0 Å². The van der Waals surface area contributed by atoms with Crippen LogP contribution in [0, 0.1) is 0 Å². The van der Waals surface area contributed by atoms with Crippen molar-refractivity contribution in [3.05, 3.63) is 133 Å². The Kier molecular flexibility index (Phi) is 14.8. The van der Waals surface area contributed by atoms with Gasteiger partial charge in [-0.3, -0.25) is 0 Å². The van der Waals surface area contributed by atoms with Crippen LogP contribution in [0.1, 0.15) is 0 Å². The first-order valence-corrected chi connectivity index (χ1v) is 19.9. The zero-order chi connectivity index (χ0) is 42.9. The van der Waals surface area contributed by atoms with Crippen molar-refractivity contribution in [2.75, 3.05) is 94.3 Å². The maximum absolute atomic E-state index is 9.46. The smallest absolute Gasteiger partial charge is 0.233 e. The van der Waals surface area contributed by atoms with Gasteiger partial charge in [-0.1, -0.05) is 36.4 Å². The van der Waals surface area contributed by atoms with Crippen molar-refractivity contribution in [1.82, 2.24) is 29.9 Å². The van der Waals surface area contributed by atoms with Crippen molar-refractivity contribution in [1.29, 1.82) is 0 Å². The van der Waals surface area contributed by atoms with E-state index in [2.05, 4.69) is 61.8 Å². The molecule has 0 fully saturated rings. The van der Waals surface area contributed by atoms with E-state index < -0.39 is 0 Å². The minimum absolute atomic E-state index is 0.0271. The molecule has 10 N–H and O–H groups in total. The van der Waals surface area contributed by atoms with Gasteiger partial charge in [0.2, 0.25) is 35.7 Å². The van der Waals surface area contributed by atoms with Gasteiger partial charge in [0.25, 0.3) is 0 Å². The average Bonchev–Trinajstić information content (AvgIpc) is 3.28. The third-order valence-electron chi connectivity index (χ3n) is 9.18. The molecule has 0 saturated heterocycles. The Hall–Kier alpha value is -7.64. The van der Waals surface area contributed by atoms with Gasteiger partial charge in [-0.25, -0.2) is 0 Å². The standard InChI is InChI=1S/C44H48N14O4/c59-27-23-57(24-28-60)37-19-15-35(16-20-37)49-43-53-39(45-31-7-3-1-4-8-31)51-41(55-43)47-33-11-13-34(14-12-33)48-42-52-40(46-32-9-5-2-6-10-32)54-44(56-42)50-36-17-21-38(22-18-36)58(25-29-61)26-30-62/h1-22,59-62H,23-30H2,(H3,45,47,49,51,53,55)(H3,46,48,50,52,54,56). The van der Waals surface area contributed by atoms with Crippen LogP contribution in [0.25, 0.3) is 0 Å². The number of aromatic nitrogens is 6. The first-order chi connectivity index (χ1) is 30.5. The average molecular weight is 837 g/mol. The summed E-state index contributed by atoms with van der Waals surface area (Å²) in [7, 11) is 0. The van der Waals surface area contributed by atoms with Crippen molar-refractivity contribution < 1.29 is 20.4 Å². The number of rotatable bonds is 22. The predicted octanol–water partition coefficient (Wildman–Crippen LogP) is 6.10. The summed E-state index contributed by atoms with van der Waals surface area (Å²) in [6, 6.07) is 41.8. The second kappa shape index (κ2) is 21.6. The maximum atomic E-state index is 9.46. The summed E-state index contributed by atoms with van der Waals surface area (Å²) in [6.07, 6.45) is 0. The second-order valence-electron chi connectivity index (χ2n) is 13.6. The molecule has 0 bridgehead atoms. The summed E-state index contributed by atoms with van der Waals surface area (Å²) in [4.78, 5) is 31.6. The minimum atomic E-state index is -0.0271. The van der Waals surface area contributed by atoms with Gasteiger partial charge in [-0.2, -0.15) is 29.9 Å². The lowest BCUT2D eigenvalue weighted by Crippen LogP contribution is -2.29. The van der Waals surface area contributed by atoms with E-state index >= 15 is 0 Å². The van der Waals surface area contributed by atoms with Crippen LogP contribution in [-0.4, -0.2) is 103 Å². The SMILES string of the molecule is OCCN(CCO)c1ccc(Nc2nc(Nc3ccccc3)nc(Nc3ccc(Nc4nc(Nc5ccccc5)nc(Nc5ccc(N(CCO)CCO)cc5)n4)cc3)n2)cc1.